The Kier molecular flexibility index (Phi) is 5.63. The van der Waals surface area contributed by atoms with Crippen LogP contribution in [0.1, 0.15) is 51.3 Å². The van der Waals surface area contributed by atoms with Crippen molar-refractivity contribution in [1.82, 2.24) is 10.3 Å². The van der Waals surface area contributed by atoms with Gasteiger partial charge in [-0.05, 0) is 50.1 Å². The largest absolute Gasteiger partial charge is 0.474 e. The summed E-state index contributed by atoms with van der Waals surface area (Å²) in [6.45, 7) is 9.87. The van der Waals surface area contributed by atoms with E-state index in [9.17, 15) is 0 Å². The molecule has 1 aliphatic carbocycles. The molecule has 0 bridgehead atoms. The van der Waals surface area contributed by atoms with Gasteiger partial charge in [0.05, 0.1) is 0 Å². The molecule has 1 fully saturated rings. The van der Waals surface area contributed by atoms with Crippen molar-refractivity contribution >= 4 is 0 Å². The van der Waals surface area contributed by atoms with Crippen LogP contribution in [0.3, 0.4) is 0 Å². The van der Waals surface area contributed by atoms with Gasteiger partial charge in [-0.1, -0.05) is 33.3 Å². The van der Waals surface area contributed by atoms with Crippen LogP contribution < -0.4 is 10.1 Å². The number of hydrogen-bond donors (Lipinski definition) is 1. The number of pyridine rings is 1. The molecule has 0 spiro atoms. The highest BCUT2D eigenvalue weighted by Crippen LogP contribution is 2.35. The van der Waals surface area contributed by atoms with Crippen LogP contribution >= 0.6 is 0 Å². The monoisotopic (exact) mass is 290 g/mol. The fraction of sp³-hybridized carbons (Fsp3) is 0.722. The molecule has 1 aliphatic rings. The van der Waals surface area contributed by atoms with E-state index in [-0.39, 0.29) is 0 Å². The molecule has 3 nitrogen and oxygen atoms in total. The molecule has 1 aromatic rings. The Balaban J connectivity index is 2.09. The van der Waals surface area contributed by atoms with Gasteiger partial charge in [0.15, 0.2) is 0 Å². The summed E-state index contributed by atoms with van der Waals surface area (Å²) in [4.78, 5) is 4.64. The maximum atomic E-state index is 6.28. The van der Waals surface area contributed by atoms with Crippen molar-refractivity contribution in [3.63, 3.8) is 0 Å². The number of aryl methyl sites for hydroxylation is 1. The second-order valence-corrected chi connectivity index (χ2v) is 6.91. The zero-order valence-electron chi connectivity index (χ0n) is 14.1. The molecule has 0 aromatic carbocycles. The molecule has 1 saturated carbocycles. The number of aromatic nitrogens is 1. The topological polar surface area (TPSA) is 34.1 Å². The summed E-state index contributed by atoms with van der Waals surface area (Å²) in [6.07, 6.45) is 4.08. The molecule has 3 heteroatoms. The predicted octanol–water partition coefficient (Wildman–Crippen LogP) is 3.95. The number of rotatable bonds is 5. The SMILES string of the molecule is CNCc1ccc(OC2CC(C)CCC2C(C)C)nc1C. The molecular formula is C18H30N2O. The summed E-state index contributed by atoms with van der Waals surface area (Å²) in [6, 6.07) is 4.15. The number of nitrogens with one attached hydrogen (secondary N) is 1. The third-order valence-corrected chi connectivity index (χ3v) is 4.77. The molecule has 1 N–H and O–H groups in total. The zero-order chi connectivity index (χ0) is 15.4. The maximum Gasteiger partial charge on any atom is 0.213 e. The predicted molar refractivity (Wildman–Crippen MR) is 87.5 cm³/mol. The zero-order valence-corrected chi connectivity index (χ0v) is 14.1. The van der Waals surface area contributed by atoms with Gasteiger partial charge in [0.1, 0.15) is 6.10 Å². The Morgan fingerprint density at radius 2 is 2.10 bits per heavy atom. The average Bonchev–Trinajstić information content (AvgIpc) is 2.42. The third kappa shape index (κ3) is 4.19. The van der Waals surface area contributed by atoms with Crippen molar-refractivity contribution in [3.05, 3.63) is 23.4 Å². The number of hydrogen-bond acceptors (Lipinski definition) is 3. The lowest BCUT2D eigenvalue weighted by Crippen LogP contribution is -2.36. The third-order valence-electron chi connectivity index (χ3n) is 4.77. The molecular weight excluding hydrogens is 260 g/mol. The summed E-state index contributed by atoms with van der Waals surface area (Å²) in [5.41, 5.74) is 2.30. The van der Waals surface area contributed by atoms with Crippen LogP contribution in [0.25, 0.3) is 0 Å². The van der Waals surface area contributed by atoms with Crippen LogP contribution in [0.4, 0.5) is 0 Å². The molecule has 21 heavy (non-hydrogen) atoms. The Hall–Kier alpha value is -1.09. The first-order chi connectivity index (χ1) is 10.0. The minimum absolute atomic E-state index is 0.316. The standard InChI is InChI=1S/C18H30N2O/c1-12(2)16-8-6-13(3)10-17(16)21-18-9-7-15(11-19-5)14(4)20-18/h7,9,12-13,16-17,19H,6,8,10-11H2,1-5H3. The Labute approximate surface area is 129 Å². The molecule has 1 aromatic heterocycles. The summed E-state index contributed by atoms with van der Waals surface area (Å²) in [5, 5.41) is 3.17. The normalized spacial score (nSPS) is 26.1. The van der Waals surface area contributed by atoms with Gasteiger partial charge < -0.3 is 10.1 Å². The van der Waals surface area contributed by atoms with Crippen LogP contribution in [-0.2, 0) is 6.54 Å². The molecule has 0 amide bonds. The summed E-state index contributed by atoms with van der Waals surface area (Å²) in [7, 11) is 1.96. The van der Waals surface area contributed by atoms with Crippen molar-refractivity contribution in [2.45, 2.75) is 59.6 Å². The highest BCUT2D eigenvalue weighted by atomic mass is 16.5. The highest BCUT2D eigenvalue weighted by Gasteiger charge is 2.32. The summed E-state index contributed by atoms with van der Waals surface area (Å²) >= 11 is 0. The van der Waals surface area contributed by atoms with E-state index in [0.29, 0.717) is 17.9 Å². The van der Waals surface area contributed by atoms with E-state index in [1.807, 2.05) is 13.1 Å². The van der Waals surface area contributed by atoms with E-state index >= 15 is 0 Å². The van der Waals surface area contributed by atoms with Crippen LogP contribution in [0.15, 0.2) is 12.1 Å². The van der Waals surface area contributed by atoms with E-state index < -0.39 is 0 Å². The highest BCUT2D eigenvalue weighted by molar-refractivity contribution is 5.25. The lowest BCUT2D eigenvalue weighted by atomic mass is 9.75. The van der Waals surface area contributed by atoms with Crippen LogP contribution in [0.5, 0.6) is 5.88 Å². The van der Waals surface area contributed by atoms with Crippen molar-refractivity contribution in [2.75, 3.05) is 7.05 Å². The second kappa shape index (κ2) is 7.26. The van der Waals surface area contributed by atoms with E-state index in [4.69, 9.17) is 4.74 Å². The van der Waals surface area contributed by atoms with Gasteiger partial charge >= 0.3 is 0 Å². The fourth-order valence-electron chi connectivity index (χ4n) is 3.42. The summed E-state index contributed by atoms with van der Waals surface area (Å²) < 4.78 is 6.28. The molecule has 3 unspecified atom stereocenters. The van der Waals surface area contributed by atoms with Gasteiger partial charge in [0, 0.05) is 18.3 Å². The molecule has 0 saturated heterocycles. The van der Waals surface area contributed by atoms with Gasteiger partial charge in [-0.25, -0.2) is 4.98 Å². The number of ether oxygens (including phenoxy) is 1. The van der Waals surface area contributed by atoms with Gasteiger partial charge in [0.2, 0.25) is 5.88 Å². The minimum atomic E-state index is 0.316. The lowest BCUT2D eigenvalue weighted by molar-refractivity contribution is 0.0425. The van der Waals surface area contributed by atoms with E-state index in [1.54, 1.807) is 0 Å². The van der Waals surface area contributed by atoms with E-state index in [2.05, 4.69) is 44.1 Å². The molecule has 2 rings (SSSR count). The van der Waals surface area contributed by atoms with Crippen LogP contribution in [0.2, 0.25) is 0 Å². The molecule has 0 radical (unpaired) electrons. The Bertz CT molecular complexity index is 459. The molecule has 118 valence electrons. The van der Waals surface area contributed by atoms with E-state index in [0.717, 1.165) is 30.5 Å². The van der Waals surface area contributed by atoms with Gasteiger partial charge in [-0.2, -0.15) is 0 Å². The molecule has 0 aliphatic heterocycles. The first-order valence-electron chi connectivity index (χ1n) is 8.29. The van der Waals surface area contributed by atoms with Crippen LogP contribution in [-0.4, -0.2) is 18.1 Å². The van der Waals surface area contributed by atoms with Crippen molar-refractivity contribution in [3.8, 4) is 5.88 Å². The molecule has 3 atom stereocenters. The van der Waals surface area contributed by atoms with E-state index in [1.165, 1.54) is 18.4 Å². The van der Waals surface area contributed by atoms with Gasteiger partial charge in [0.25, 0.3) is 0 Å². The average molecular weight is 290 g/mol. The Morgan fingerprint density at radius 1 is 1.33 bits per heavy atom. The first kappa shape index (κ1) is 16.3. The first-order valence-corrected chi connectivity index (χ1v) is 8.29. The second-order valence-electron chi connectivity index (χ2n) is 6.91. The summed E-state index contributed by atoms with van der Waals surface area (Å²) in [5.74, 6) is 2.87. The number of nitrogens with zero attached hydrogens (tertiary/aromatic N) is 1. The quantitative estimate of drug-likeness (QED) is 0.891. The Morgan fingerprint density at radius 3 is 2.71 bits per heavy atom. The van der Waals surface area contributed by atoms with Crippen LogP contribution in [0, 0.1) is 24.7 Å². The minimum Gasteiger partial charge on any atom is -0.474 e. The van der Waals surface area contributed by atoms with Crippen molar-refractivity contribution < 1.29 is 4.74 Å². The maximum absolute atomic E-state index is 6.28. The van der Waals surface area contributed by atoms with Crippen molar-refractivity contribution in [2.24, 2.45) is 17.8 Å². The van der Waals surface area contributed by atoms with Gasteiger partial charge in [-0.3, -0.25) is 0 Å². The van der Waals surface area contributed by atoms with Gasteiger partial charge in [-0.15, -0.1) is 0 Å². The lowest BCUT2D eigenvalue weighted by Gasteiger charge is -2.37. The molecule has 1 heterocycles. The fourth-order valence-corrected chi connectivity index (χ4v) is 3.42. The van der Waals surface area contributed by atoms with Crippen molar-refractivity contribution in [1.29, 1.82) is 0 Å². The smallest absolute Gasteiger partial charge is 0.213 e.